The molecule has 1 aromatic rings. The first-order valence-electron chi connectivity index (χ1n) is 6.13. The van der Waals surface area contributed by atoms with Crippen LogP contribution in [-0.4, -0.2) is 34.3 Å². The van der Waals surface area contributed by atoms with Crippen molar-refractivity contribution < 1.29 is 19.5 Å². The number of likely N-dealkylation sites (tertiary alicyclic amines) is 1. The van der Waals surface area contributed by atoms with E-state index in [-0.39, 0.29) is 18.9 Å². The van der Waals surface area contributed by atoms with Crippen molar-refractivity contribution in [3.63, 3.8) is 0 Å². The number of rotatable bonds is 2. The van der Waals surface area contributed by atoms with Crippen molar-refractivity contribution in [3.05, 3.63) is 35.4 Å². The maximum atomic E-state index is 12.2. The van der Waals surface area contributed by atoms with Crippen LogP contribution in [0.3, 0.4) is 0 Å². The fourth-order valence-corrected chi connectivity index (χ4v) is 2.11. The summed E-state index contributed by atoms with van der Waals surface area (Å²) >= 11 is 0. The van der Waals surface area contributed by atoms with E-state index in [1.54, 1.807) is 12.1 Å². The summed E-state index contributed by atoms with van der Waals surface area (Å²) in [6, 6.07) is 6.96. The van der Waals surface area contributed by atoms with Crippen LogP contribution in [0, 0.1) is 12.8 Å². The van der Waals surface area contributed by atoms with Gasteiger partial charge in [-0.25, -0.2) is 0 Å². The van der Waals surface area contributed by atoms with Gasteiger partial charge in [0.1, 0.15) is 0 Å². The topological polar surface area (TPSA) is 74.7 Å². The smallest absolute Gasteiger partial charge is 0.307 e. The first-order valence-corrected chi connectivity index (χ1v) is 6.13. The Morgan fingerprint density at radius 2 is 1.89 bits per heavy atom. The molecule has 0 spiro atoms. The molecule has 0 aromatic heterocycles. The molecular weight excluding hydrogens is 246 g/mol. The molecule has 1 heterocycles. The zero-order chi connectivity index (χ0) is 14.0. The number of hydrogen-bond acceptors (Lipinski definition) is 3. The third-order valence-corrected chi connectivity index (χ3v) is 3.32. The zero-order valence-corrected chi connectivity index (χ0v) is 10.6. The lowest BCUT2D eigenvalue weighted by atomic mass is 9.96. The Hall–Kier alpha value is -2.17. The molecule has 1 aliphatic heterocycles. The Morgan fingerprint density at radius 1 is 1.26 bits per heavy atom. The van der Waals surface area contributed by atoms with Gasteiger partial charge in [-0.15, -0.1) is 0 Å². The Balaban J connectivity index is 2.11. The molecule has 5 heteroatoms. The number of carbonyl (C=O) groups excluding carboxylic acids is 2. The average molecular weight is 261 g/mol. The second-order valence-electron chi connectivity index (χ2n) is 4.74. The van der Waals surface area contributed by atoms with Crippen LogP contribution in [0.1, 0.15) is 28.8 Å². The normalized spacial score (nSPS) is 19.3. The third kappa shape index (κ3) is 2.81. The maximum Gasteiger partial charge on any atom is 0.307 e. The summed E-state index contributed by atoms with van der Waals surface area (Å²) < 4.78 is 0. The fourth-order valence-electron chi connectivity index (χ4n) is 2.11. The summed E-state index contributed by atoms with van der Waals surface area (Å²) in [5.41, 5.74) is 1.49. The van der Waals surface area contributed by atoms with Crippen LogP contribution in [0.2, 0.25) is 0 Å². The van der Waals surface area contributed by atoms with E-state index >= 15 is 0 Å². The first-order chi connectivity index (χ1) is 8.99. The molecule has 19 heavy (non-hydrogen) atoms. The highest BCUT2D eigenvalue weighted by atomic mass is 16.4. The molecule has 5 nitrogen and oxygen atoms in total. The molecule has 0 aliphatic carbocycles. The van der Waals surface area contributed by atoms with Crippen LogP contribution in [0.25, 0.3) is 0 Å². The van der Waals surface area contributed by atoms with E-state index in [1.807, 2.05) is 19.1 Å². The number of carboxylic acids is 1. The van der Waals surface area contributed by atoms with Gasteiger partial charge < -0.3 is 5.11 Å². The maximum absolute atomic E-state index is 12.2. The first kappa shape index (κ1) is 13.3. The summed E-state index contributed by atoms with van der Waals surface area (Å²) in [5.74, 6) is -2.41. The Morgan fingerprint density at radius 3 is 2.42 bits per heavy atom. The molecule has 1 aromatic carbocycles. The molecule has 1 aliphatic rings. The summed E-state index contributed by atoms with van der Waals surface area (Å²) in [4.78, 5) is 36.0. The van der Waals surface area contributed by atoms with Crippen LogP contribution in [0.15, 0.2) is 24.3 Å². The largest absolute Gasteiger partial charge is 0.481 e. The van der Waals surface area contributed by atoms with E-state index in [2.05, 4.69) is 0 Å². The van der Waals surface area contributed by atoms with E-state index < -0.39 is 17.8 Å². The van der Waals surface area contributed by atoms with Crippen molar-refractivity contribution in [3.8, 4) is 0 Å². The number of piperidine rings is 1. The number of amides is 2. The predicted molar refractivity (Wildman–Crippen MR) is 67.6 cm³/mol. The standard InChI is InChI=1S/C14H15NO4/c1-9-2-4-10(5-3-9)13(17)15-7-6-11(14(18)19)8-12(15)16/h2-5,11H,6-8H2,1H3,(H,18,19). The van der Waals surface area contributed by atoms with Crippen molar-refractivity contribution in [1.82, 2.24) is 4.90 Å². The lowest BCUT2D eigenvalue weighted by Crippen LogP contribution is -2.44. The lowest BCUT2D eigenvalue weighted by Gasteiger charge is -2.28. The molecule has 1 saturated heterocycles. The number of imide groups is 1. The molecule has 1 unspecified atom stereocenters. The van der Waals surface area contributed by atoms with Gasteiger partial charge in [0.15, 0.2) is 0 Å². The highest BCUT2D eigenvalue weighted by Crippen LogP contribution is 2.20. The summed E-state index contributed by atoms with van der Waals surface area (Å²) in [7, 11) is 0. The number of benzene rings is 1. The average Bonchev–Trinajstić information content (AvgIpc) is 2.38. The second-order valence-corrected chi connectivity index (χ2v) is 4.74. The lowest BCUT2D eigenvalue weighted by molar-refractivity contribution is -0.148. The summed E-state index contributed by atoms with van der Waals surface area (Å²) in [6.45, 7) is 2.08. The van der Waals surface area contributed by atoms with E-state index in [4.69, 9.17) is 5.11 Å². The van der Waals surface area contributed by atoms with Gasteiger partial charge >= 0.3 is 5.97 Å². The summed E-state index contributed by atoms with van der Waals surface area (Å²) in [6.07, 6.45) is 0.214. The molecule has 100 valence electrons. The van der Waals surface area contributed by atoms with E-state index in [0.717, 1.165) is 10.5 Å². The second kappa shape index (κ2) is 5.22. The Labute approximate surface area is 110 Å². The minimum absolute atomic E-state index is 0.104. The van der Waals surface area contributed by atoms with Gasteiger partial charge in [0, 0.05) is 18.5 Å². The van der Waals surface area contributed by atoms with Crippen molar-refractivity contribution in [2.45, 2.75) is 19.8 Å². The number of hydrogen-bond donors (Lipinski definition) is 1. The van der Waals surface area contributed by atoms with Crippen LogP contribution < -0.4 is 0 Å². The minimum Gasteiger partial charge on any atom is -0.481 e. The zero-order valence-electron chi connectivity index (χ0n) is 10.6. The molecule has 0 radical (unpaired) electrons. The number of carboxylic acid groups (broad SMARTS) is 1. The van der Waals surface area contributed by atoms with Gasteiger partial charge in [-0.2, -0.15) is 0 Å². The monoisotopic (exact) mass is 261 g/mol. The number of carbonyl (C=O) groups is 3. The van der Waals surface area contributed by atoms with Gasteiger partial charge in [-0.3, -0.25) is 19.3 Å². The molecule has 1 fully saturated rings. The van der Waals surface area contributed by atoms with Crippen LogP contribution in [-0.2, 0) is 9.59 Å². The van der Waals surface area contributed by atoms with Crippen molar-refractivity contribution in [2.24, 2.45) is 5.92 Å². The third-order valence-electron chi connectivity index (χ3n) is 3.32. The minimum atomic E-state index is -0.976. The van der Waals surface area contributed by atoms with E-state index in [1.165, 1.54) is 0 Å². The van der Waals surface area contributed by atoms with Crippen LogP contribution >= 0.6 is 0 Å². The predicted octanol–water partition coefficient (Wildman–Crippen LogP) is 1.46. The number of aryl methyl sites for hydroxylation is 1. The fraction of sp³-hybridized carbons (Fsp3) is 0.357. The molecule has 2 amide bonds. The molecule has 0 saturated carbocycles. The number of aliphatic carboxylic acids is 1. The van der Waals surface area contributed by atoms with Crippen LogP contribution in [0.4, 0.5) is 0 Å². The molecule has 1 N–H and O–H groups in total. The summed E-state index contributed by atoms with van der Waals surface area (Å²) in [5, 5.41) is 8.87. The molecule has 2 rings (SSSR count). The molecule has 1 atom stereocenters. The highest BCUT2D eigenvalue weighted by molar-refractivity contribution is 6.05. The molecule has 0 bridgehead atoms. The van der Waals surface area contributed by atoms with Gasteiger partial charge in [0.2, 0.25) is 5.91 Å². The SMILES string of the molecule is Cc1ccc(C(=O)N2CCC(C(=O)O)CC2=O)cc1. The van der Waals surface area contributed by atoms with Crippen LogP contribution in [0.5, 0.6) is 0 Å². The Bertz CT molecular complexity index is 521. The van der Waals surface area contributed by atoms with Crippen molar-refractivity contribution in [1.29, 1.82) is 0 Å². The van der Waals surface area contributed by atoms with Gasteiger partial charge in [0.25, 0.3) is 5.91 Å². The quantitative estimate of drug-likeness (QED) is 0.818. The Kier molecular flexibility index (Phi) is 3.64. The number of nitrogens with zero attached hydrogens (tertiary/aromatic N) is 1. The highest BCUT2D eigenvalue weighted by Gasteiger charge is 2.33. The van der Waals surface area contributed by atoms with Crippen molar-refractivity contribution in [2.75, 3.05) is 6.54 Å². The van der Waals surface area contributed by atoms with Gasteiger partial charge in [0.05, 0.1) is 5.92 Å². The van der Waals surface area contributed by atoms with E-state index in [9.17, 15) is 14.4 Å². The van der Waals surface area contributed by atoms with Gasteiger partial charge in [-0.05, 0) is 25.5 Å². The molecular formula is C14H15NO4. The van der Waals surface area contributed by atoms with Gasteiger partial charge in [-0.1, -0.05) is 17.7 Å². The van der Waals surface area contributed by atoms with Crippen molar-refractivity contribution >= 4 is 17.8 Å². The van der Waals surface area contributed by atoms with E-state index in [0.29, 0.717) is 12.0 Å².